The summed E-state index contributed by atoms with van der Waals surface area (Å²) in [6.07, 6.45) is 2.15. The Bertz CT molecular complexity index is 205. The Labute approximate surface area is 110 Å². The van der Waals surface area contributed by atoms with Crippen molar-refractivity contribution in [2.45, 2.75) is 18.9 Å². The highest BCUT2D eigenvalue weighted by atomic mass is 16.5. The van der Waals surface area contributed by atoms with Gasteiger partial charge in [0.25, 0.3) is 0 Å². The lowest BCUT2D eigenvalue weighted by Crippen LogP contribution is -2.40. The second kappa shape index (κ2) is 9.69. The number of ether oxygens (including phenoxy) is 2. The quantitative estimate of drug-likeness (QED) is 0.569. The van der Waals surface area contributed by atoms with Crippen LogP contribution in [0.25, 0.3) is 0 Å². The summed E-state index contributed by atoms with van der Waals surface area (Å²) in [7, 11) is 3.81. The van der Waals surface area contributed by atoms with E-state index in [1.54, 1.807) is 7.11 Å². The number of hydrogen-bond acceptors (Lipinski definition) is 5. The fourth-order valence-corrected chi connectivity index (χ4v) is 2.31. The monoisotopic (exact) mass is 260 g/mol. The molecule has 1 aliphatic rings. The maximum absolute atomic E-state index is 9.69. The molecule has 2 atom stereocenters. The third kappa shape index (κ3) is 7.28. The predicted molar refractivity (Wildman–Crippen MR) is 71.8 cm³/mol. The topological polar surface area (TPSA) is 54.0 Å². The highest BCUT2D eigenvalue weighted by molar-refractivity contribution is 4.73. The summed E-state index contributed by atoms with van der Waals surface area (Å²) in [5, 5.41) is 13.0. The summed E-state index contributed by atoms with van der Waals surface area (Å²) in [6, 6.07) is 0. The van der Waals surface area contributed by atoms with Crippen molar-refractivity contribution < 1.29 is 14.6 Å². The molecule has 0 radical (unpaired) electrons. The van der Waals surface area contributed by atoms with Gasteiger partial charge in [-0.3, -0.25) is 0 Å². The number of nitrogens with one attached hydrogen (secondary N) is 1. The lowest BCUT2D eigenvalue weighted by atomic mass is 9.98. The van der Waals surface area contributed by atoms with Crippen LogP contribution in [-0.2, 0) is 9.47 Å². The van der Waals surface area contributed by atoms with Crippen LogP contribution in [0, 0.1) is 5.92 Å². The number of likely N-dealkylation sites (tertiary alicyclic amines) is 1. The molecule has 0 aromatic rings. The number of aliphatic hydroxyl groups excluding tert-OH is 1. The number of hydrogen-bond donors (Lipinski definition) is 2. The van der Waals surface area contributed by atoms with Gasteiger partial charge in [0.2, 0.25) is 0 Å². The summed E-state index contributed by atoms with van der Waals surface area (Å²) >= 11 is 0. The van der Waals surface area contributed by atoms with Crippen molar-refractivity contribution in [1.82, 2.24) is 10.2 Å². The average molecular weight is 260 g/mol. The summed E-state index contributed by atoms with van der Waals surface area (Å²) in [6.45, 7) is 5.46. The molecule has 18 heavy (non-hydrogen) atoms. The summed E-state index contributed by atoms with van der Waals surface area (Å²) < 4.78 is 10.1. The zero-order valence-corrected chi connectivity index (χ0v) is 11.7. The smallest absolute Gasteiger partial charge is 0.0897 e. The minimum absolute atomic E-state index is 0.376. The van der Waals surface area contributed by atoms with Gasteiger partial charge in [0.05, 0.1) is 25.9 Å². The number of methoxy groups -OCH3 is 1. The molecular weight excluding hydrogens is 232 g/mol. The van der Waals surface area contributed by atoms with Crippen molar-refractivity contribution in [2.75, 3.05) is 60.2 Å². The van der Waals surface area contributed by atoms with Crippen molar-refractivity contribution in [3.05, 3.63) is 0 Å². The molecule has 1 fully saturated rings. The third-order valence-electron chi connectivity index (χ3n) is 3.28. The standard InChI is InChI=1S/C13H28N2O3/c1-15-5-3-4-12(10-15)8-14-9-13(16)11-18-7-6-17-2/h12-14,16H,3-11H2,1-2H3. The summed E-state index contributed by atoms with van der Waals surface area (Å²) in [5.41, 5.74) is 0. The van der Waals surface area contributed by atoms with Crippen LogP contribution in [0.15, 0.2) is 0 Å². The van der Waals surface area contributed by atoms with Gasteiger partial charge in [0.1, 0.15) is 0 Å². The van der Waals surface area contributed by atoms with Gasteiger partial charge in [-0.2, -0.15) is 0 Å². The number of rotatable bonds is 9. The predicted octanol–water partition coefficient (Wildman–Crippen LogP) is -0.0583. The number of piperidine rings is 1. The number of nitrogens with zero attached hydrogens (tertiary/aromatic N) is 1. The van der Waals surface area contributed by atoms with Crippen LogP contribution in [0.3, 0.4) is 0 Å². The Hall–Kier alpha value is -0.200. The largest absolute Gasteiger partial charge is 0.389 e. The van der Waals surface area contributed by atoms with Gasteiger partial charge < -0.3 is 24.8 Å². The Kier molecular flexibility index (Phi) is 8.54. The van der Waals surface area contributed by atoms with Crippen LogP contribution in [0.2, 0.25) is 0 Å². The molecule has 0 aromatic carbocycles. The van der Waals surface area contributed by atoms with Crippen LogP contribution >= 0.6 is 0 Å². The van der Waals surface area contributed by atoms with Crippen LogP contribution in [-0.4, -0.2) is 76.3 Å². The molecule has 2 unspecified atom stereocenters. The van der Waals surface area contributed by atoms with E-state index < -0.39 is 6.10 Å². The van der Waals surface area contributed by atoms with E-state index in [-0.39, 0.29) is 0 Å². The van der Waals surface area contributed by atoms with Gasteiger partial charge in [-0.05, 0) is 38.9 Å². The molecule has 0 aliphatic carbocycles. The van der Waals surface area contributed by atoms with E-state index in [9.17, 15) is 5.11 Å². The molecule has 1 saturated heterocycles. The molecular formula is C13H28N2O3. The van der Waals surface area contributed by atoms with E-state index in [0.717, 1.165) is 13.1 Å². The van der Waals surface area contributed by atoms with E-state index in [1.807, 2.05) is 0 Å². The van der Waals surface area contributed by atoms with Crippen molar-refractivity contribution in [2.24, 2.45) is 5.92 Å². The minimum Gasteiger partial charge on any atom is -0.389 e. The van der Waals surface area contributed by atoms with Gasteiger partial charge in [0, 0.05) is 20.2 Å². The first-order valence-electron chi connectivity index (χ1n) is 6.86. The van der Waals surface area contributed by atoms with Crippen LogP contribution in [0.1, 0.15) is 12.8 Å². The molecule has 108 valence electrons. The second-order valence-corrected chi connectivity index (χ2v) is 5.15. The van der Waals surface area contributed by atoms with E-state index in [0.29, 0.717) is 32.3 Å². The van der Waals surface area contributed by atoms with Gasteiger partial charge in [-0.15, -0.1) is 0 Å². The van der Waals surface area contributed by atoms with Crippen molar-refractivity contribution in [3.8, 4) is 0 Å². The van der Waals surface area contributed by atoms with Crippen LogP contribution < -0.4 is 5.32 Å². The minimum atomic E-state index is -0.428. The molecule has 2 N–H and O–H groups in total. The lowest BCUT2D eigenvalue weighted by Gasteiger charge is -2.30. The highest BCUT2D eigenvalue weighted by Gasteiger charge is 2.16. The Balaban J connectivity index is 1.95. The lowest BCUT2D eigenvalue weighted by molar-refractivity contribution is 0.0133. The maximum Gasteiger partial charge on any atom is 0.0897 e. The Morgan fingerprint density at radius 2 is 2.28 bits per heavy atom. The van der Waals surface area contributed by atoms with Gasteiger partial charge >= 0.3 is 0 Å². The van der Waals surface area contributed by atoms with E-state index in [1.165, 1.54) is 19.4 Å². The molecule has 0 bridgehead atoms. The molecule has 5 nitrogen and oxygen atoms in total. The van der Waals surface area contributed by atoms with Crippen LogP contribution in [0.5, 0.6) is 0 Å². The van der Waals surface area contributed by atoms with Gasteiger partial charge in [-0.1, -0.05) is 0 Å². The van der Waals surface area contributed by atoms with Crippen molar-refractivity contribution >= 4 is 0 Å². The second-order valence-electron chi connectivity index (χ2n) is 5.15. The molecule has 0 spiro atoms. The zero-order valence-electron chi connectivity index (χ0n) is 11.7. The average Bonchev–Trinajstić information content (AvgIpc) is 2.35. The highest BCUT2D eigenvalue weighted by Crippen LogP contribution is 2.13. The fourth-order valence-electron chi connectivity index (χ4n) is 2.31. The number of aliphatic hydroxyl groups is 1. The first kappa shape index (κ1) is 15.9. The molecule has 1 rings (SSSR count). The van der Waals surface area contributed by atoms with Gasteiger partial charge in [0.15, 0.2) is 0 Å². The molecule has 0 aromatic heterocycles. The summed E-state index contributed by atoms with van der Waals surface area (Å²) in [5.74, 6) is 0.713. The van der Waals surface area contributed by atoms with E-state index in [4.69, 9.17) is 9.47 Å². The van der Waals surface area contributed by atoms with Crippen LogP contribution in [0.4, 0.5) is 0 Å². The first-order valence-corrected chi connectivity index (χ1v) is 6.86. The normalized spacial score (nSPS) is 23.2. The fraction of sp³-hybridized carbons (Fsp3) is 1.00. The molecule has 0 amide bonds. The zero-order chi connectivity index (χ0) is 13.2. The molecule has 1 heterocycles. The SMILES string of the molecule is COCCOCC(O)CNCC1CCCN(C)C1. The first-order chi connectivity index (χ1) is 8.72. The van der Waals surface area contributed by atoms with E-state index >= 15 is 0 Å². The van der Waals surface area contributed by atoms with Crippen molar-refractivity contribution in [3.63, 3.8) is 0 Å². The Morgan fingerprint density at radius 3 is 3.00 bits per heavy atom. The molecule has 1 aliphatic heterocycles. The molecule has 0 saturated carbocycles. The third-order valence-corrected chi connectivity index (χ3v) is 3.28. The van der Waals surface area contributed by atoms with Crippen molar-refractivity contribution in [1.29, 1.82) is 0 Å². The summed E-state index contributed by atoms with van der Waals surface area (Å²) in [4.78, 5) is 2.38. The van der Waals surface area contributed by atoms with E-state index in [2.05, 4.69) is 17.3 Å². The maximum atomic E-state index is 9.69. The van der Waals surface area contributed by atoms with Gasteiger partial charge in [-0.25, -0.2) is 0 Å². The Morgan fingerprint density at radius 1 is 1.44 bits per heavy atom. The molecule has 5 heteroatoms.